The van der Waals surface area contributed by atoms with Gasteiger partial charge in [0.1, 0.15) is 12.6 Å². The van der Waals surface area contributed by atoms with Gasteiger partial charge in [0.2, 0.25) is 11.8 Å². The van der Waals surface area contributed by atoms with Crippen molar-refractivity contribution in [3.63, 3.8) is 0 Å². The Morgan fingerprint density at radius 2 is 2.22 bits per heavy atom. The molecule has 8 heteroatoms. The fourth-order valence-corrected chi connectivity index (χ4v) is 1.75. The normalized spacial score (nSPS) is 22.8. The minimum Gasteiger partial charge on any atom is -0.343 e. The van der Waals surface area contributed by atoms with Crippen LogP contribution < -0.4 is 11.1 Å². The van der Waals surface area contributed by atoms with Crippen LogP contribution >= 0.6 is 0 Å². The molecule has 2 amide bonds. The van der Waals surface area contributed by atoms with Crippen LogP contribution in [-0.2, 0) is 9.59 Å². The zero-order valence-electron chi connectivity index (χ0n) is 9.96. The van der Waals surface area contributed by atoms with Crippen molar-refractivity contribution in [2.24, 2.45) is 5.73 Å². The molecule has 1 aliphatic heterocycles. The van der Waals surface area contributed by atoms with Gasteiger partial charge in [-0.15, -0.1) is 0 Å². The molecule has 0 aromatic carbocycles. The maximum atomic E-state index is 12.2. The molecule has 1 rings (SSSR count). The van der Waals surface area contributed by atoms with Crippen molar-refractivity contribution in [3.8, 4) is 0 Å². The number of hydrogen-bond donors (Lipinski definition) is 2. The number of nitrogens with one attached hydrogen (secondary N) is 1. The Labute approximate surface area is 102 Å². The molecule has 0 spiro atoms. The Bertz CT molecular complexity index is 331. The quantitative estimate of drug-likeness (QED) is 0.756. The number of piperidine rings is 1. The van der Waals surface area contributed by atoms with Crippen LogP contribution in [0.1, 0.15) is 19.8 Å². The lowest BCUT2D eigenvalue weighted by molar-refractivity contribution is -0.165. The van der Waals surface area contributed by atoms with Gasteiger partial charge in [0, 0.05) is 6.54 Å². The zero-order valence-corrected chi connectivity index (χ0v) is 9.96. The number of rotatable bonds is 3. The van der Waals surface area contributed by atoms with Crippen LogP contribution in [0.4, 0.5) is 13.2 Å². The average molecular weight is 267 g/mol. The van der Waals surface area contributed by atoms with Crippen molar-refractivity contribution in [2.75, 3.05) is 13.1 Å². The van der Waals surface area contributed by atoms with Crippen LogP contribution in [0.15, 0.2) is 0 Å². The van der Waals surface area contributed by atoms with Gasteiger partial charge in [-0.1, -0.05) is 0 Å². The number of carbonyl (C=O) groups is 2. The molecule has 0 aromatic heterocycles. The van der Waals surface area contributed by atoms with Crippen LogP contribution in [0.5, 0.6) is 0 Å². The van der Waals surface area contributed by atoms with E-state index in [2.05, 4.69) is 5.32 Å². The summed E-state index contributed by atoms with van der Waals surface area (Å²) in [5.74, 6) is -1.24. The number of alkyl halides is 3. The fourth-order valence-electron chi connectivity index (χ4n) is 1.75. The predicted octanol–water partition coefficient (Wildman–Crippen LogP) is 0.00310. The van der Waals surface area contributed by atoms with E-state index in [1.165, 1.54) is 6.92 Å². The molecule has 2 atom stereocenters. The maximum Gasteiger partial charge on any atom is 0.406 e. The van der Waals surface area contributed by atoms with Gasteiger partial charge in [-0.2, -0.15) is 13.2 Å². The van der Waals surface area contributed by atoms with Crippen LogP contribution in [0.25, 0.3) is 0 Å². The van der Waals surface area contributed by atoms with Gasteiger partial charge in [-0.3, -0.25) is 9.59 Å². The average Bonchev–Trinajstić information content (AvgIpc) is 2.21. The van der Waals surface area contributed by atoms with Crippen LogP contribution in [-0.4, -0.2) is 48.1 Å². The van der Waals surface area contributed by atoms with E-state index in [9.17, 15) is 22.8 Å². The number of likely N-dealkylation sites (tertiary alicyclic amines) is 1. The lowest BCUT2D eigenvalue weighted by Gasteiger charge is -2.33. The Balaban J connectivity index is 2.61. The largest absolute Gasteiger partial charge is 0.406 e. The summed E-state index contributed by atoms with van der Waals surface area (Å²) in [6.45, 7) is 0.218. The summed E-state index contributed by atoms with van der Waals surface area (Å²) in [7, 11) is 0. The van der Waals surface area contributed by atoms with E-state index >= 15 is 0 Å². The van der Waals surface area contributed by atoms with Gasteiger partial charge in [0.05, 0.1) is 6.04 Å². The number of carbonyl (C=O) groups excluding carboxylic acids is 2. The van der Waals surface area contributed by atoms with Crippen molar-refractivity contribution in [1.82, 2.24) is 10.2 Å². The van der Waals surface area contributed by atoms with E-state index in [0.29, 0.717) is 12.8 Å². The van der Waals surface area contributed by atoms with Crippen LogP contribution in [0, 0.1) is 0 Å². The highest BCUT2D eigenvalue weighted by molar-refractivity contribution is 5.89. The molecule has 3 N–H and O–H groups in total. The van der Waals surface area contributed by atoms with E-state index in [-0.39, 0.29) is 6.54 Å². The van der Waals surface area contributed by atoms with E-state index in [1.54, 1.807) is 0 Å². The van der Waals surface area contributed by atoms with E-state index < -0.39 is 36.6 Å². The SMILES string of the molecule is C[C@@H](N)C(=O)NC1CCCN(CC(F)(F)F)C1=O. The smallest absolute Gasteiger partial charge is 0.343 e. The van der Waals surface area contributed by atoms with Gasteiger partial charge in [0.15, 0.2) is 0 Å². The third kappa shape index (κ3) is 4.17. The Hall–Kier alpha value is -1.31. The predicted molar refractivity (Wildman–Crippen MR) is 57.4 cm³/mol. The summed E-state index contributed by atoms with van der Waals surface area (Å²) in [6.07, 6.45) is -3.67. The van der Waals surface area contributed by atoms with E-state index in [1.807, 2.05) is 0 Å². The molecule has 1 aliphatic rings. The van der Waals surface area contributed by atoms with Crippen LogP contribution in [0.2, 0.25) is 0 Å². The number of nitrogens with zero attached hydrogens (tertiary/aromatic N) is 1. The number of halogens is 3. The summed E-state index contributed by atoms with van der Waals surface area (Å²) >= 11 is 0. The molecular weight excluding hydrogens is 251 g/mol. The second-order valence-corrected chi connectivity index (χ2v) is 4.37. The number of hydrogen-bond acceptors (Lipinski definition) is 3. The Morgan fingerprint density at radius 1 is 1.61 bits per heavy atom. The molecule has 1 heterocycles. The summed E-state index contributed by atoms with van der Waals surface area (Å²) in [6, 6.07) is -1.70. The molecule has 0 aromatic rings. The molecule has 104 valence electrons. The lowest BCUT2D eigenvalue weighted by atomic mass is 10.0. The number of nitrogens with two attached hydrogens (primary N) is 1. The highest BCUT2D eigenvalue weighted by atomic mass is 19.4. The van der Waals surface area contributed by atoms with E-state index in [4.69, 9.17) is 5.73 Å². The van der Waals surface area contributed by atoms with Crippen molar-refractivity contribution in [1.29, 1.82) is 0 Å². The molecule has 1 unspecified atom stereocenters. The Kier molecular flexibility index (Phi) is 4.55. The van der Waals surface area contributed by atoms with E-state index in [0.717, 1.165) is 4.90 Å². The third-order valence-electron chi connectivity index (χ3n) is 2.63. The molecule has 1 saturated heterocycles. The highest BCUT2D eigenvalue weighted by Gasteiger charge is 2.37. The molecule has 0 aliphatic carbocycles. The summed E-state index contributed by atoms with van der Waals surface area (Å²) in [5, 5.41) is 2.36. The number of amides is 2. The maximum absolute atomic E-state index is 12.2. The third-order valence-corrected chi connectivity index (χ3v) is 2.63. The molecule has 1 fully saturated rings. The van der Waals surface area contributed by atoms with Crippen LogP contribution in [0.3, 0.4) is 0 Å². The minimum atomic E-state index is -4.43. The molecule has 18 heavy (non-hydrogen) atoms. The van der Waals surface area contributed by atoms with Gasteiger partial charge in [0.25, 0.3) is 0 Å². The van der Waals surface area contributed by atoms with Crippen molar-refractivity contribution >= 4 is 11.8 Å². The van der Waals surface area contributed by atoms with Gasteiger partial charge in [-0.05, 0) is 19.8 Å². The molecular formula is C10H16F3N3O2. The summed E-state index contributed by atoms with van der Waals surface area (Å²) in [5.41, 5.74) is 5.32. The monoisotopic (exact) mass is 267 g/mol. The lowest BCUT2D eigenvalue weighted by Crippen LogP contribution is -2.56. The van der Waals surface area contributed by atoms with Crippen molar-refractivity contribution in [3.05, 3.63) is 0 Å². The fraction of sp³-hybridized carbons (Fsp3) is 0.800. The Morgan fingerprint density at radius 3 is 2.72 bits per heavy atom. The first kappa shape index (κ1) is 14.7. The van der Waals surface area contributed by atoms with Gasteiger partial charge < -0.3 is 16.0 Å². The molecule has 0 saturated carbocycles. The second kappa shape index (κ2) is 5.55. The second-order valence-electron chi connectivity index (χ2n) is 4.37. The highest BCUT2D eigenvalue weighted by Crippen LogP contribution is 2.20. The topological polar surface area (TPSA) is 75.4 Å². The minimum absolute atomic E-state index is 0.0584. The zero-order chi connectivity index (χ0) is 13.9. The summed E-state index contributed by atoms with van der Waals surface area (Å²) in [4.78, 5) is 23.8. The van der Waals surface area contributed by atoms with Gasteiger partial charge >= 0.3 is 6.18 Å². The van der Waals surface area contributed by atoms with Gasteiger partial charge in [-0.25, -0.2) is 0 Å². The first-order valence-corrected chi connectivity index (χ1v) is 5.62. The molecule has 0 radical (unpaired) electrons. The molecule has 0 bridgehead atoms. The van der Waals surface area contributed by atoms with Crippen molar-refractivity contribution < 1.29 is 22.8 Å². The van der Waals surface area contributed by atoms with Crippen molar-refractivity contribution in [2.45, 2.75) is 38.0 Å². The first-order valence-electron chi connectivity index (χ1n) is 5.62. The first-order chi connectivity index (χ1) is 8.20. The standard InChI is InChI=1S/C10H16F3N3O2/c1-6(14)8(17)15-7-3-2-4-16(9(7)18)5-10(11,12)13/h6-7H,2-5,14H2,1H3,(H,15,17)/t6-,7?/m1/s1. The molecule has 5 nitrogen and oxygen atoms in total. The summed E-state index contributed by atoms with van der Waals surface area (Å²) < 4.78 is 36.7.